The molecule has 2 aliphatic rings. The first-order valence-corrected chi connectivity index (χ1v) is 8.22. The Kier molecular flexibility index (Phi) is 3.17. The Morgan fingerprint density at radius 1 is 1.27 bits per heavy atom. The zero-order valence-electron chi connectivity index (χ0n) is 13.6. The van der Waals surface area contributed by atoms with Gasteiger partial charge in [-0.15, -0.1) is 0 Å². The van der Waals surface area contributed by atoms with E-state index < -0.39 is 0 Å². The molecule has 2 aliphatic carbocycles. The molecule has 0 N–H and O–H groups in total. The largest absolute Gasteiger partial charge is 0.355 e. The van der Waals surface area contributed by atoms with Crippen LogP contribution in [-0.2, 0) is 26.4 Å². The van der Waals surface area contributed by atoms with E-state index in [1.54, 1.807) is 0 Å². The summed E-state index contributed by atoms with van der Waals surface area (Å²) in [5.41, 5.74) is 5.03. The normalized spacial score (nSPS) is 16.9. The number of aryl methyl sites for hydroxylation is 3. The molecule has 116 valence electrons. The Morgan fingerprint density at radius 2 is 2.09 bits per heavy atom. The Morgan fingerprint density at radius 3 is 2.77 bits per heavy atom. The lowest BCUT2D eigenvalue weighted by Gasteiger charge is -2.21. The van der Waals surface area contributed by atoms with Crippen molar-refractivity contribution in [3.63, 3.8) is 0 Å². The van der Waals surface area contributed by atoms with Crippen molar-refractivity contribution in [2.45, 2.75) is 51.5 Å². The topological polar surface area (TPSA) is 46.8 Å². The molecule has 0 radical (unpaired) electrons. The highest BCUT2D eigenvalue weighted by Gasteiger charge is 2.30. The SMILES string of the molecule is Cc1nn(C)cc1CN(C)c1nc(C2CC2)nc2c1CCC2. The molecule has 0 bridgehead atoms. The molecule has 0 saturated heterocycles. The van der Waals surface area contributed by atoms with Gasteiger partial charge >= 0.3 is 0 Å². The standard InChI is InChI=1S/C17H23N5/c1-11-13(10-22(3)20-11)9-21(2)17-14-5-4-6-15(14)18-16(19-17)12-7-8-12/h10,12H,4-9H2,1-3H3. The summed E-state index contributed by atoms with van der Waals surface area (Å²) < 4.78 is 1.89. The second kappa shape index (κ2) is 5.07. The summed E-state index contributed by atoms with van der Waals surface area (Å²) in [6, 6.07) is 0. The van der Waals surface area contributed by atoms with Crippen LogP contribution in [0.2, 0.25) is 0 Å². The molecule has 0 atom stereocenters. The van der Waals surface area contributed by atoms with E-state index >= 15 is 0 Å². The lowest BCUT2D eigenvalue weighted by Crippen LogP contribution is -2.21. The lowest BCUT2D eigenvalue weighted by atomic mass is 10.2. The van der Waals surface area contributed by atoms with Crippen LogP contribution in [0.15, 0.2) is 6.20 Å². The number of hydrogen-bond donors (Lipinski definition) is 0. The summed E-state index contributed by atoms with van der Waals surface area (Å²) >= 11 is 0. The van der Waals surface area contributed by atoms with E-state index in [2.05, 4.69) is 30.2 Å². The molecule has 0 amide bonds. The maximum atomic E-state index is 4.93. The predicted molar refractivity (Wildman–Crippen MR) is 86.1 cm³/mol. The third-order valence-electron chi connectivity index (χ3n) is 4.76. The maximum absolute atomic E-state index is 4.93. The molecule has 2 heterocycles. The van der Waals surface area contributed by atoms with E-state index in [0.717, 1.165) is 36.7 Å². The quantitative estimate of drug-likeness (QED) is 0.870. The molecule has 2 aromatic rings. The van der Waals surface area contributed by atoms with Crippen molar-refractivity contribution in [1.29, 1.82) is 0 Å². The monoisotopic (exact) mass is 297 g/mol. The first kappa shape index (κ1) is 13.7. The molecule has 22 heavy (non-hydrogen) atoms. The fraction of sp³-hybridized carbons (Fsp3) is 0.588. The number of nitrogens with zero attached hydrogens (tertiary/aromatic N) is 5. The minimum atomic E-state index is 0.609. The fourth-order valence-corrected chi connectivity index (χ4v) is 3.41. The number of anilines is 1. The number of rotatable bonds is 4. The van der Waals surface area contributed by atoms with Gasteiger partial charge in [0.2, 0.25) is 0 Å². The van der Waals surface area contributed by atoms with Gasteiger partial charge in [-0.2, -0.15) is 5.10 Å². The number of hydrogen-bond acceptors (Lipinski definition) is 4. The summed E-state index contributed by atoms with van der Waals surface area (Å²) in [5.74, 6) is 2.83. The third kappa shape index (κ3) is 2.38. The summed E-state index contributed by atoms with van der Waals surface area (Å²) in [5, 5.41) is 4.44. The van der Waals surface area contributed by atoms with Crippen LogP contribution < -0.4 is 4.90 Å². The molecule has 1 saturated carbocycles. The van der Waals surface area contributed by atoms with E-state index in [4.69, 9.17) is 9.97 Å². The smallest absolute Gasteiger partial charge is 0.135 e. The van der Waals surface area contributed by atoms with Crippen molar-refractivity contribution in [1.82, 2.24) is 19.7 Å². The van der Waals surface area contributed by atoms with Gasteiger partial charge in [0, 0.05) is 49.6 Å². The van der Waals surface area contributed by atoms with Gasteiger partial charge in [0.25, 0.3) is 0 Å². The molecule has 0 spiro atoms. The molecule has 0 aromatic carbocycles. The van der Waals surface area contributed by atoms with E-state index in [0.29, 0.717) is 5.92 Å². The Balaban J connectivity index is 1.67. The summed E-state index contributed by atoms with van der Waals surface area (Å²) in [4.78, 5) is 12.0. The second-order valence-corrected chi connectivity index (χ2v) is 6.73. The van der Waals surface area contributed by atoms with Gasteiger partial charge in [-0.25, -0.2) is 9.97 Å². The highest BCUT2D eigenvalue weighted by molar-refractivity contribution is 5.51. The molecule has 2 aromatic heterocycles. The molecular formula is C17H23N5. The van der Waals surface area contributed by atoms with Crippen LogP contribution in [0.1, 0.15) is 53.5 Å². The average Bonchev–Trinajstić information content (AvgIpc) is 3.14. The van der Waals surface area contributed by atoms with Crippen molar-refractivity contribution in [2.24, 2.45) is 7.05 Å². The van der Waals surface area contributed by atoms with Gasteiger partial charge in [0.05, 0.1) is 5.69 Å². The maximum Gasteiger partial charge on any atom is 0.135 e. The van der Waals surface area contributed by atoms with Crippen LogP contribution >= 0.6 is 0 Å². The summed E-state index contributed by atoms with van der Waals surface area (Å²) in [6.45, 7) is 2.93. The minimum Gasteiger partial charge on any atom is -0.355 e. The average molecular weight is 297 g/mol. The first-order valence-electron chi connectivity index (χ1n) is 8.22. The molecule has 5 nitrogen and oxygen atoms in total. The van der Waals surface area contributed by atoms with Crippen molar-refractivity contribution in [3.05, 3.63) is 34.5 Å². The summed E-state index contributed by atoms with van der Waals surface area (Å²) in [6.07, 6.45) is 8.06. The minimum absolute atomic E-state index is 0.609. The van der Waals surface area contributed by atoms with Crippen molar-refractivity contribution >= 4 is 5.82 Å². The van der Waals surface area contributed by atoms with Crippen LogP contribution in [0.5, 0.6) is 0 Å². The molecule has 1 fully saturated rings. The van der Waals surface area contributed by atoms with Gasteiger partial charge < -0.3 is 4.90 Å². The second-order valence-electron chi connectivity index (χ2n) is 6.73. The van der Waals surface area contributed by atoms with Crippen molar-refractivity contribution < 1.29 is 0 Å². The predicted octanol–water partition coefficient (Wildman–Crippen LogP) is 2.52. The van der Waals surface area contributed by atoms with E-state index in [1.807, 2.05) is 11.7 Å². The summed E-state index contributed by atoms with van der Waals surface area (Å²) in [7, 11) is 4.12. The van der Waals surface area contributed by atoms with Gasteiger partial charge in [-0.3, -0.25) is 4.68 Å². The highest BCUT2D eigenvalue weighted by atomic mass is 15.3. The molecule has 4 rings (SSSR count). The molecule has 0 aliphatic heterocycles. The Bertz CT molecular complexity index is 714. The number of aromatic nitrogens is 4. The molecule has 5 heteroatoms. The third-order valence-corrected chi connectivity index (χ3v) is 4.76. The van der Waals surface area contributed by atoms with E-state index in [1.165, 1.54) is 36.1 Å². The van der Waals surface area contributed by atoms with Crippen molar-refractivity contribution in [3.8, 4) is 0 Å². The Labute approximate surface area is 131 Å². The van der Waals surface area contributed by atoms with Crippen LogP contribution in [-0.4, -0.2) is 26.8 Å². The lowest BCUT2D eigenvalue weighted by molar-refractivity contribution is 0.756. The van der Waals surface area contributed by atoms with Gasteiger partial charge in [-0.1, -0.05) is 0 Å². The highest BCUT2D eigenvalue weighted by Crippen LogP contribution is 2.40. The zero-order valence-corrected chi connectivity index (χ0v) is 13.6. The van der Waals surface area contributed by atoms with Gasteiger partial charge in [0.1, 0.15) is 11.6 Å². The fourth-order valence-electron chi connectivity index (χ4n) is 3.41. The zero-order chi connectivity index (χ0) is 15.3. The Hall–Kier alpha value is -1.91. The van der Waals surface area contributed by atoms with Crippen LogP contribution in [0, 0.1) is 6.92 Å². The first-order chi connectivity index (χ1) is 10.6. The van der Waals surface area contributed by atoms with Crippen LogP contribution in [0.4, 0.5) is 5.82 Å². The molecule has 0 unspecified atom stereocenters. The number of fused-ring (bicyclic) bond motifs is 1. The van der Waals surface area contributed by atoms with Gasteiger partial charge in [0.15, 0.2) is 0 Å². The van der Waals surface area contributed by atoms with E-state index in [-0.39, 0.29) is 0 Å². The van der Waals surface area contributed by atoms with Gasteiger partial charge in [-0.05, 0) is 39.0 Å². The van der Waals surface area contributed by atoms with Crippen LogP contribution in [0.3, 0.4) is 0 Å². The molecular weight excluding hydrogens is 274 g/mol. The van der Waals surface area contributed by atoms with Crippen LogP contribution in [0.25, 0.3) is 0 Å². The van der Waals surface area contributed by atoms with E-state index in [9.17, 15) is 0 Å². The van der Waals surface area contributed by atoms with Crippen molar-refractivity contribution in [2.75, 3.05) is 11.9 Å².